The van der Waals surface area contributed by atoms with E-state index < -0.39 is 39.5 Å². The highest BCUT2D eigenvalue weighted by atomic mass is 32.2. The molecule has 0 saturated carbocycles. The number of hydrogen-bond acceptors (Lipinski definition) is 8. The number of hydrogen-bond donors (Lipinski definition) is 1. The molecule has 3 heterocycles. The quantitative estimate of drug-likeness (QED) is 0.313. The van der Waals surface area contributed by atoms with Gasteiger partial charge in [0.05, 0.1) is 17.4 Å². The minimum Gasteiger partial charge on any atom is -0.354 e. The smallest absolute Gasteiger partial charge is 0.354 e. The number of sulfonamides is 1. The Morgan fingerprint density at radius 2 is 1.79 bits per heavy atom. The second-order valence-electron chi connectivity index (χ2n) is 7.74. The van der Waals surface area contributed by atoms with Gasteiger partial charge in [0.15, 0.2) is 0 Å². The van der Waals surface area contributed by atoms with Gasteiger partial charge in [0.2, 0.25) is 16.4 Å². The molecule has 1 amide bonds. The lowest BCUT2D eigenvalue weighted by Crippen LogP contribution is -2.52. The van der Waals surface area contributed by atoms with Crippen LogP contribution in [0.1, 0.15) is 30.7 Å². The molecule has 0 aliphatic carbocycles. The highest BCUT2D eigenvalue weighted by Crippen LogP contribution is 2.30. The van der Waals surface area contributed by atoms with Crippen LogP contribution >= 0.6 is 0 Å². The number of pyridine rings is 1. The lowest BCUT2D eigenvalue weighted by atomic mass is 9.97. The first-order valence-electron chi connectivity index (χ1n) is 10.5. The van der Waals surface area contributed by atoms with Crippen molar-refractivity contribution in [1.82, 2.24) is 24.3 Å². The van der Waals surface area contributed by atoms with Crippen LogP contribution in [0.4, 0.5) is 19.0 Å². The third-order valence-corrected chi connectivity index (χ3v) is 7.60. The van der Waals surface area contributed by atoms with E-state index in [0.29, 0.717) is 23.1 Å². The minimum absolute atomic E-state index is 0.0723. The van der Waals surface area contributed by atoms with E-state index in [9.17, 15) is 31.6 Å². The predicted molar refractivity (Wildman–Crippen MR) is 115 cm³/mol. The van der Waals surface area contributed by atoms with Gasteiger partial charge in [0, 0.05) is 50.7 Å². The van der Waals surface area contributed by atoms with Crippen LogP contribution in [0.5, 0.6) is 0 Å². The Morgan fingerprint density at radius 3 is 2.29 bits per heavy atom. The van der Waals surface area contributed by atoms with E-state index in [1.807, 2.05) is 0 Å². The molecule has 1 aliphatic heterocycles. The second kappa shape index (κ2) is 10.6. The normalized spacial score (nSPS) is 17.3. The number of rotatable bonds is 9. The van der Waals surface area contributed by atoms with Gasteiger partial charge >= 0.3 is 6.18 Å². The van der Waals surface area contributed by atoms with E-state index in [0.717, 1.165) is 12.3 Å². The highest BCUT2D eigenvalue weighted by molar-refractivity contribution is 7.89. The van der Waals surface area contributed by atoms with Crippen molar-refractivity contribution in [2.45, 2.75) is 31.5 Å². The molecule has 2 atom stereocenters. The fourth-order valence-corrected chi connectivity index (χ4v) is 5.59. The number of aromatic nitrogens is 3. The SMILES string of the molecule is CCC(c1ncccn1)C(CS(=O)(=O)N1CCN(c2ccc(C(F)(F)F)cn2)CC1)N(O)C=O. The van der Waals surface area contributed by atoms with Crippen molar-refractivity contribution in [1.29, 1.82) is 0 Å². The number of piperazine rings is 1. The van der Waals surface area contributed by atoms with Crippen LogP contribution in [0.3, 0.4) is 0 Å². The summed E-state index contributed by atoms with van der Waals surface area (Å²) in [4.78, 5) is 25.1. The molecule has 34 heavy (non-hydrogen) atoms. The molecular formula is C20H25F3N6O4S. The van der Waals surface area contributed by atoms with Crippen LogP contribution in [0.25, 0.3) is 0 Å². The van der Waals surface area contributed by atoms with Crippen molar-refractivity contribution < 1.29 is 31.6 Å². The number of halogens is 3. The third kappa shape index (κ3) is 5.98. The zero-order valence-electron chi connectivity index (χ0n) is 18.3. The fraction of sp³-hybridized carbons (Fsp3) is 0.500. The Labute approximate surface area is 195 Å². The first-order chi connectivity index (χ1) is 16.1. The standard InChI is InChI=1S/C20H25F3N6O4S/c1-2-16(19-24-6-3-7-25-19)17(29(31)14-30)13-34(32,33)28-10-8-27(9-11-28)18-5-4-15(12-26-18)20(21,22)23/h3-7,12,14,16-17,31H,2,8-11,13H2,1H3. The van der Waals surface area contributed by atoms with Crippen LogP contribution in [0, 0.1) is 0 Å². The fourth-order valence-electron chi connectivity index (χ4n) is 3.84. The van der Waals surface area contributed by atoms with Crippen LogP contribution in [0.2, 0.25) is 0 Å². The summed E-state index contributed by atoms with van der Waals surface area (Å²) in [5, 5.41) is 10.5. The summed E-state index contributed by atoms with van der Waals surface area (Å²) >= 11 is 0. The van der Waals surface area contributed by atoms with E-state index in [1.54, 1.807) is 17.9 Å². The summed E-state index contributed by atoms with van der Waals surface area (Å²) in [6.45, 7) is 2.36. The van der Waals surface area contributed by atoms with Gasteiger partial charge < -0.3 is 4.90 Å². The Hall–Kier alpha value is -2.84. The number of anilines is 1. The number of nitrogens with zero attached hydrogens (tertiary/aromatic N) is 6. The van der Waals surface area contributed by atoms with Gasteiger partial charge in [0.1, 0.15) is 11.6 Å². The van der Waals surface area contributed by atoms with Crippen LogP contribution in [0.15, 0.2) is 36.8 Å². The van der Waals surface area contributed by atoms with Gasteiger partial charge in [-0.05, 0) is 24.6 Å². The molecule has 0 spiro atoms. The molecule has 0 aromatic carbocycles. The van der Waals surface area contributed by atoms with Gasteiger partial charge in [-0.15, -0.1) is 0 Å². The van der Waals surface area contributed by atoms with E-state index in [1.165, 1.54) is 22.8 Å². The summed E-state index contributed by atoms with van der Waals surface area (Å²) in [6.07, 6.45) is -0.225. The maximum Gasteiger partial charge on any atom is 0.417 e. The average molecular weight is 503 g/mol. The number of alkyl halides is 3. The summed E-state index contributed by atoms with van der Waals surface area (Å²) in [7, 11) is -3.91. The number of carbonyl (C=O) groups is 1. The summed E-state index contributed by atoms with van der Waals surface area (Å²) in [5.41, 5.74) is -0.861. The molecule has 2 unspecified atom stereocenters. The summed E-state index contributed by atoms with van der Waals surface area (Å²) < 4.78 is 65.7. The molecule has 2 aromatic heterocycles. The number of amides is 1. The molecule has 1 aliphatic rings. The lowest BCUT2D eigenvalue weighted by Gasteiger charge is -2.36. The molecule has 186 valence electrons. The summed E-state index contributed by atoms with van der Waals surface area (Å²) in [5.74, 6) is -0.539. The molecule has 2 aromatic rings. The monoisotopic (exact) mass is 502 g/mol. The van der Waals surface area contributed by atoms with E-state index in [4.69, 9.17) is 0 Å². The first kappa shape index (κ1) is 25.8. The molecule has 1 saturated heterocycles. The lowest BCUT2D eigenvalue weighted by molar-refractivity contribution is -0.160. The molecule has 1 fully saturated rings. The van der Waals surface area contributed by atoms with Crippen LogP contribution < -0.4 is 4.90 Å². The summed E-state index contributed by atoms with van der Waals surface area (Å²) in [6, 6.07) is 2.68. The zero-order chi connectivity index (χ0) is 24.9. The van der Waals surface area contributed by atoms with Gasteiger partial charge in [-0.1, -0.05) is 6.92 Å². The molecule has 10 nitrogen and oxygen atoms in total. The van der Waals surface area contributed by atoms with Crippen molar-refractivity contribution in [3.8, 4) is 0 Å². The van der Waals surface area contributed by atoms with Crippen LogP contribution in [-0.2, 0) is 21.0 Å². The zero-order valence-corrected chi connectivity index (χ0v) is 19.2. The van der Waals surface area contributed by atoms with E-state index in [2.05, 4.69) is 15.0 Å². The maximum absolute atomic E-state index is 13.1. The minimum atomic E-state index is -4.49. The maximum atomic E-state index is 13.1. The molecule has 3 rings (SSSR count). The molecular weight excluding hydrogens is 477 g/mol. The topological polar surface area (TPSA) is 120 Å². The average Bonchev–Trinajstić information content (AvgIpc) is 2.83. The van der Waals surface area contributed by atoms with Crippen molar-refractivity contribution in [2.24, 2.45) is 0 Å². The number of carbonyl (C=O) groups excluding carboxylic acids is 1. The molecule has 14 heteroatoms. The van der Waals surface area contributed by atoms with Gasteiger partial charge in [-0.25, -0.2) is 28.4 Å². The van der Waals surface area contributed by atoms with Crippen LogP contribution in [-0.4, -0.2) is 82.3 Å². The second-order valence-corrected chi connectivity index (χ2v) is 9.76. The van der Waals surface area contributed by atoms with Gasteiger partial charge in [0.25, 0.3) is 0 Å². The van der Waals surface area contributed by atoms with Crippen molar-refractivity contribution in [3.05, 3.63) is 48.2 Å². The Bertz CT molecular complexity index is 1050. The predicted octanol–water partition coefficient (Wildman–Crippen LogP) is 1.75. The van der Waals surface area contributed by atoms with E-state index >= 15 is 0 Å². The molecule has 0 radical (unpaired) electrons. The molecule has 0 bridgehead atoms. The van der Waals surface area contributed by atoms with Crippen molar-refractivity contribution >= 4 is 22.3 Å². The van der Waals surface area contributed by atoms with Crippen molar-refractivity contribution in [3.63, 3.8) is 0 Å². The highest BCUT2D eigenvalue weighted by Gasteiger charge is 2.37. The Morgan fingerprint density at radius 1 is 1.15 bits per heavy atom. The first-order valence-corrected chi connectivity index (χ1v) is 12.1. The molecule has 1 N–H and O–H groups in total. The number of hydroxylamine groups is 2. The largest absolute Gasteiger partial charge is 0.417 e. The van der Waals surface area contributed by atoms with Gasteiger partial charge in [-0.3, -0.25) is 10.0 Å². The Kier molecular flexibility index (Phi) is 8.05. The Balaban J connectivity index is 1.70. The van der Waals surface area contributed by atoms with Gasteiger partial charge in [-0.2, -0.15) is 17.5 Å². The van der Waals surface area contributed by atoms with Crippen molar-refractivity contribution in [2.75, 3.05) is 36.8 Å². The third-order valence-electron chi connectivity index (χ3n) is 5.68. The van der Waals surface area contributed by atoms with E-state index in [-0.39, 0.29) is 32.6 Å².